The maximum Gasteiger partial charge on any atom is 0.409 e. The number of rotatable bonds is 3. The van der Waals surface area contributed by atoms with Crippen molar-refractivity contribution in [3.63, 3.8) is 0 Å². The van der Waals surface area contributed by atoms with Gasteiger partial charge in [0.05, 0.1) is 7.11 Å². The molecule has 0 aliphatic carbocycles. The normalized spacial score (nSPS) is 17.8. The lowest BCUT2D eigenvalue weighted by atomic mass is 10.1. The largest absolute Gasteiger partial charge is 0.453 e. The Morgan fingerprint density at radius 1 is 1.24 bits per heavy atom. The Labute approximate surface area is 102 Å². The molecule has 1 atom stereocenters. The van der Waals surface area contributed by atoms with Crippen molar-refractivity contribution in [3.05, 3.63) is 0 Å². The van der Waals surface area contributed by atoms with Gasteiger partial charge in [0.2, 0.25) is 5.91 Å². The molecule has 1 unspecified atom stereocenters. The molecule has 0 saturated carbocycles. The first-order valence-corrected chi connectivity index (χ1v) is 5.91. The van der Waals surface area contributed by atoms with E-state index in [1.54, 1.807) is 9.80 Å². The van der Waals surface area contributed by atoms with Crippen LogP contribution >= 0.6 is 0 Å². The first-order valence-electron chi connectivity index (χ1n) is 5.91. The summed E-state index contributed by atoms with van der Waals surface area (Å²) in [5, 5.41) is 0. The van der Waals surface area contributed by atoms with Crippen LogP contribution in [0.4, 0.5) is 4.79 Å². The van der Waals surface area contributed by atoms with Gasteiger partial charge >= 0.3 is 6.09 Å². The highest BCUT2D eigenvalue weighted by Crippen LogP contribution is 2.06. The van der Waals surface area contributed by atoms with Crippen molar-refractivity contribution in [3.8, 4) is 0 Å². The lowest BCUT2D eigenvalue weighted by molar-refractivity contribution is -0.132. The minimum atomic E-state index is -0.326. The van der Waals surface area contributed by atoms with Crippen LogP contribution in [0.25, 0.3) is 0 Å². The molecule has 98 valence electrons. The lowest BCUT2D eigenvalue weighted by Crippen LogP contribution is -2.50. The Morgan fingerprint density at radius 3 is 2.24 bits per heavy atom. The highest BCUT2D eigenvalue weighted by atomic mass is 16.5. The number of nitrogens with two attached hydrogens (primary N) is 1. The predicted octanol–water partition coefficient (Wildman–Crippen LogP) is 0.0244. The molecular weight excluding hydrogens is 222 g/mol. The number of piperazine rings is 1. The second-order valence-electron chi connectivity index (χ2n) is 4.35. The third kappa shape index (κ3) is 4.22. The molecule has 0 spiro atoms. The molecule has 1 aliphatic rings. The van der Waals surface area contributed by atoms with E-state index in [2.05, 4.69) is 4.74 Å². The molecule has 1 aliphatic heterocycles. The van der Waals surface area contributed by atoms with Crippen LogP contribution in [-0.4, -0.2) is 61.1 Å². The molecule has 2 N–H and O–H groups in total. The third-order valence-electron chi connectivity index (χ3n) is 2.88. The van der Waals surface area contributed by atoms with Crippen LogP contribution in [0.3, 0.4) is 0 Å². The van der Waals surface area contributed by atoms with Crippen LogP contribution in [0.2, 0.25) is 0 Å². The van der Waals surface area contributed by atoms with E-state index in [1.165, 1.54) is 7.11 Å². The van der Waals surface area contributed by atoms with Crippen molar-refractivity contribution in [2.45, 2.75) is 25.8 Å². The van der Waals surface area contributed by atoms with Crippen LogP contribution in [0.15, 0.2) is 0 Å². The number of amides is 2. The van der Waals surface area contributed by atoms with E-state index < -0.39 is 0 Å². The van der Waals surface area contributed by atoms with Crippen LogP contribution in [0.5, 0.6) is 0 Å². The van der Waals surface area contributed by atoms with Gasteiger partial charge in [-0.1, -0.05) is 0 Å². The number of nitrogens with zero attached hydrogens (tertiary/aromatic N) is 2. The molecule has 0 radical (unpaired) electrons. The van der Waals surface area contributed by atoms with Gasteiger partial charge in [0.25, 0.3) is 0 Å². The Balaban J connectivity index is 2.31. The van der Waals surface area contributed by atoms with Crippen LogP contribution in [-0.2, 0) is 9.53 Å². The van der Waals surface area contributed by atoms with E-state index in [0.717, 1.165) is 0 Å². The molecule has 2 amide bonds. The summed E-state index contributed by atoms with van der Waals surface area (Å²) < 4.78 is 4.63. The van der Waals surface area contributed by atoms with Crippen LogP contribution in [0.1, 0.15) is 19.8 Å². The number of methoxy groups -OCH3 is 1. The fourth-order valence-corrected chi connectivity index (χ4v) is 1.78. The van der Waals surface area contributed by atoms with E-state index in [4.69, 9.17) is 5.73 Å². The monoisotopic (exact) mass is 243 g/mol. The number of hydrogen-bond acceptors (Lipinski definition) is 4. The Kier molecular flexibility index (Phi) is 5.21. The van der Waals surface area contributed by atoms with Gasteiger partial charge in [-0.3, -0.25) is 4.79 Å². The van der Waals surface area contributed by atoms with Gasteiger partial charge in [-0.05, 0) is 13.3 Å². The van der Waals surface area contributed by atoms with Gasteiger partial charge in [0.15, 0.2) is 0 Å². The molecule has 1 saturated heterocycles. The highest BCUT2D eigenvalue weighted by Gasteiger charge is 2.24. The maximum absolute atomic E-state index is 11.8. The molecule has 6 nitrogen and oxygen atoms in total. The number of ether oxygens (including phenoxy) is 1. The van der Waals surface area contributed by atoms with Gasteiger partial charge < -0.3 is 20.3 Å². The Morgan fingerprint density at radius 2 is 1.76 bits per heavy atom. The zero-order valence-electron chi connectivity index (χ0n) is 10.5. The number of hydrogen-bond donors (Lipinski definition) is 1. The fraction of sp³-hybridized carbons (Fsp3) is 0.818. The molecule has 0 aromatic rings. The summed E-state index contributed by atoms with van der Waals surface area (Å²) in [6, 6.07) is 0.0512. The van der Waals surface area contributed by atoms with Gasteiger partial charge in [0, 0.05) is 38.6 Å². The van der Waals surface area contributed by atoms with Crippen molar-refractivity contribution in [2.24, 2.45) is 5.73 Å². The Hall–Kier alpha value is -1.30. The molecule has 17 heavy (non-hydrogen) atoms. The summed E-state index contributed by atoms with van der Waals surface area (Å²) in [7, 11) is 1.36. The van der Waals surface area contributed by atoms with Crippen LogP contribution in [0, 0.1) is 0 Å². The number of carbonyl (C=O) groups is 2. The average Bonchev–Trinajstić information content (AvgIpc) is 2.35. The standard InChI is InChI=1S/C11H21N3O3/c1-9(12)3-4-10(15)13-5-7-14(8-6-13)11(16)17-2/h9H,3-8,12H2,1-2H3. The van der Waals surface area contributed by atoms with E-state index in [-0.39, 0.29) is 18.0 Å². The van der Waals surface area contributed by atoms with E-state index in [9.17, 15) is 9.59 Å². The van der Waals surface area contributed by atoms with Crippen LogP contribution < -0.4 is 5.73 Å². The minimum Gasteiger partial charge on any atom is -0.453 e. The van der Waals surface area contributed by atoms with Crippen molar-refractivity contribution >= 4 is 12.0 Å². The van der Waals surface area contributed by atoms with Crippen molar-refractivity contribution in [2.75, 3.05) is 33.3 Å². The zero-order valence-corrected chi connectivity index (χ0v) is 10.5. The molecule has 0 bridgehead atoms. The van der Waals surface area contributed by atoms with Crippen molar-refractivity contribution in [1.29, 1.82) is 0 Å². The summed E-state index contributed by atoms with van der Waals surface area (Å²) in [6.07, 6.45) is 0.860. The van der Waals surface area contributed by atoms with Gasteiger partial charge in [-0.25, -0.2) is 4.79 Å². The molecule has 0 aromatic heterocycles. The van der Waals surface area contributed by atoms with Gasteiger partial charge in [-0.2, -0.15) is 0 Å². The SMILES string of the molecule is COC(=O)N1CCN(C(=O)CCC(C)N)CC1. The first kappa shape index (κ1) is 13.8. The van der Waals surface area contributed by atoms with Gasteiger partial charge in [-0.15, -0.1) is 0 Å². The molecular formula is C11H21N3O3. The fourth-order valence-electron chi connectivity index (χ4n) is 1.78. The summed E-state index contributed by atoms with van der Waals surface area (Å²) in [6.45, 7) is 4.12. The van der Waals surface area contributed by atoms with E-state index >= 15 is 0 Å². The summed E-state index contributed by atoms with van der Waals surface area (Å²) in [5.41, 5.74) is 5.61. The second-order valence-corrected chi connectivity index (χ2v) is 4.35. The highest BCUT2D eigenvalue weighted by molar-refractivity contribution is 5.76. The third-order valence-corrected chi connectivity index (χ3v) is 2.88. The quantitative estimate of drug-likeness (QED) is 0.758. The molecule has 6 heteroatoms. The molecule has 1 rings (SSSR count). The average molecular weight is 243 g/mol. The van der Waals surface area contributed by atoms with Gasteiger partial charge in [0.1, 0.15) is 0 Å². The summed E-state index contributed by atoms with van der Waals surface area (Å²) >= 11 is 0. The Bertz CT molecular complexity index is 273. The topological polar surface area (TPSA) is 75.9 Å². The van der Waals surface area contributed by atoms with Crippen molar-refractivity contribution < 1.29 is 14.3 Å². The number of carbonyl (C=O) groups excluding carboxylic acids is 2. The first-order chi connectivity index (χ1) is 8.04. The maximum atomic E-state index is 11.8. The smallest absolute Gasteiger partial charge is 0.409 e. The summed E-state index contributed by atoms with van der Waals surface area (Å²) in [5.74, 6) is 0.117. The molecule has 1 fully saturated rings. The van der Waals surface area contributed by atoms with Crippen molar-refractivity contribution in [1.82, 2.24) is 9.80 Å². The summed E-state index contributed by atoms with van der Waals surface area (Å²) in [4.78, 5) is 26.4. The lowest BCUT2D eigenvalue weighted by Gasteiger charge is -2.34. The predicted molar refractivity (Wildman–Crippen MR) is 63.4 cm³/mol. The second kappa shape index (κ2) is 6.44. The van der Waals surface area contributed by atoms with E-state index in [0.29, 0.717) is 39.0 Å². The zero-order chi connectivity index (χ0) is 12.8. The van der Waals surface area contributed by atoms with E-state index in [1.807, 2.05) is 6.92 Å². The molecule has 1 heterocycles. The minimum absolute atomic E-state index is 0.0512. The molecule has 0 aromatic carbocycles.